The summed E-state index contributed by atoms with van der Waals surface area (Å²) in [6.07, 6.45) is 5.11. The van der Waals surface area contributed by atoms with Crippen LogP contribution in [0.3, 0.4) is 0 Å². The normalized spacial score (nSPS) is 15.0. The maximum atomic E-state index is 5.57. The quantitative estimate of drug-likeness (QED) is 0.237. The van der Waals surface area contributed by atoms with Gasteiger partial charge in [0.05, 0.1) is 6.61 Å². The highest BCUT2D eigenvalue weighted by Crippen LogP contribution is 2.25. The molecule has 0 saturated heterocycles. The van der Waals surface area contributed by atoms with Crippen molar-refractivity contribution in [1.29, 1.82) is 0 Å². The molecule has 0 radical (unpaired) electrons. The third-order valence-corrected chi connectivity index (χ3v) is 8.31. The largest absolute Gasteiger partial charge is 0.471 e. The monoisotopic (exact) mass is 394 g/mol. The molecule has 128 valence electrons. The average molecular weight is 396 g/mol. The molecular weight excluding hydrogens is 364 g/mol. The van der Waals surface area contributed by atoms with Crippen LogP contribution in [-0.2, 0) is 16.1 Å². The molecule has 0 N–H and O–H groups in total. The molecule has 0 aliphatic heterocycles. The van der Waals surface area contributed by atoms with Gasteiger partial charge in [-0.05, 0) is 36.7 Å². The molecule has 0 fully saturated rings. The van der Waals surface area contributed by atoms with Gasteiger partial charge in [-0.2, -0.15) is 0 Å². The van der Waals surface area contributed by atoms with Crippen LogP contribution in [0.15, 0.2) is 30.3 Å². The molecule has 1 aromatic rings. The molecule has 3 atom stereocenters. The highest BCUT2D eigenvalue weighted by molar-refractivity contribution is 9.23. The Hall–Kier alpha value is 0.386. The van der Waals surface area contributed by atoms with E-state index in [4.69, 9.17) is 9.47 Å². The van der Waals surface area contributed by atoms with E-state index in [0.717, 1.165) is 28.9 Å². The van der Waals surface area contributed by atoms with E-state index in [1.165, 1.54) is 24.8 Å². The molecule has 3 unspecified atom stereocenters. The van der Waals surface area contributed by atoms with Crippen LogP contribution in [0.2, 0.25) is 4.05 Å². The zero-order valence-electron chi connectivity index (χ0n) is 15.0. The van der Waals surface area contributed by atoms with Crippen molar-refractivity contribution in [2.45, 2.75) is 57.1 Å². The topological polar surface area (TPSA) is 18.5 Å². The first-order chi connectivity index (χ1) is 11.1. The van der Waals surface area contributed by atoms with Gasteiger partial charge in [0.2, 0.25) is 0 Å². The van der Waals surface area contributed by atoms with Crippen molar-refractivity contribution in [3.8, 4) is 0 Å². The van der Waals surface area contributed by atoms with Gasteiger partial charge < -0.3 is 22.4 Å². The van der Waals surface area contributed by atoms with E-state index in [1.54, 1.807) is 0 Å². The van der Waals surface area contributed by atoms with E-state index in [0.29, 0.717) is 13.4 Å². The summed E-state index contributed by atoms with van der Waals surface area (Å²) >= 11 is 3.70. The van der Waals surface area contributed by atoms with Gasteiger partial charge in [0.25, 0.3) is 0 Å². The van der Waals surface area contributed by atoms with Crippen LogP contribution >= 0.6 is 12.9 Å². The number of ether oxygens (including phenoxy) is 2. The minimum absolute atomic E-state index is 0.00730. The Balaban J connectivity index is 1.95. The molecule has 0 saturated carbocycles. The molecule has 23 heavy (non-hydrogen) atoms. The van der Waals surface area contributed by atoms with Crippen LogP contribution in [0.1, 0.15) is 52.0 Å². The molecule has 2 nitrogen and oxygen atoms in total. The van der Waals surface area contributed by atoms with Crippen LogP contribution < -0.4 is 0 Å². The Morgan fingerprint density at radius 2 is 1.74 bits per heavy atom. The van der Waals surface area contributed by atoms with Crippen molar-refractivity contribution in [3.63, 3.8) is 0 Å². The molecular formula is C19H31BrMgO2. The summed E-state index contributed by atoms with van der Waals surface area (Å²) in [7, 11) is 0. The van der Waals surface area contributed by atoms with Gasteiger partial charge in [0, 0.05) is 6.61 Å². The minimum Gasteiger partial charge on any atom is -0.355 e. The fraction of sp³-hybridized carbons (Fsp3) is 0.684. The molecule has 1 rings (SSSR count). The number of halogens is 1. The van der Waals surface area contributed by atoms with Gasteiger partial charge in [-0.25, -0.2) is 0 Å². The van der Waals surface area contributed by atoms with Crippen LogP contribution in [0.5, 0.6) is 0 Å². The standard InChI is InChI=1S/C19H31O2.BrH.Mg/c1-4-9-17(2)14-18(3)10-8-13-20-16-21-15-19-11-6-5-7-12-19;;/h4-7,11-12,17-18H,8-10,13-16H2,1-3H3;1H;/q;;+1/p-1. The Bertz CT molecular complexity index is 388. The smallest absolute Gasteiger partial charge is 0.355 e. The maximum absolute atomic E-state index is 5.57. The SMILES string of the molecule is CC(CCCOCOCc1ccccc1)CC(C)C[CH](C)[Mg][Br]. The number of rotatable bonds is 13. The van der Waals surface area contributed by atoms with E-state index >= 15 is 0 Å². The summed E-state index contributed by atoms with van der Waals surface area (Å²) in [5.74, 6) is 1.64. The summed E-state index contributed by atoms with van der Waals surface area (Å²) in [4.78, 5) is 0. The lowest BCUT2D eigenvalue weighted by Gasteiger charge is -2.19. The molecule has 0 heterocycles. The third kappa shape index (κ3) is 11.5. The predicted octanol–water partition coefficient (Wildman–Crippen LogP) is 5.83. The van der Waals surface area contributed by atoms with E-state index < -0.39 is 0 Å². The summed E-state index contributed by atoms with van der Waals surface area (Å²) in [5, 5.41) is 0. The van der Waals surface area contributed by atoms with E-state index in [1.807, 2.05) is 18.2 Å². The van der Waals surface area contributed by atoms with Gasteiger partial charge in [-0.15, -0.1) is 4.05 Å². The van der Waals surface area contributed by atoms with Crippen molar-refractivity contribution >= 4 is 31.1 Å². The first-order valence-corrected chi connectivity index (χ1v) is 13.6. The van der Waals surface area contributed by atoms with Gasteiger partial charge in [-0.3, -0.25) is 0 Å². The lowest BCUT2D eigenvalue weighted by Crippen LogP contribution is -2.08. The molecule has 0 spiro atoms. The summed E-state index contributed by atoms with van der Waals surface area (Å²) < 4.78 is 12.0. The number of hydrogen-bond donors (Lipinski definition) is 0. The number of benzene rings is 1. The highest BCUT2D eigenvalue weighted by Gasteiger charge is 2.13. The summed E-state index contributed by atoms with van der Waals surface area (Å²) in [6.45, 7) is 8.98. The van der Waals surface area contributed by atoms with Crippen molar-refractivity contribution < 1.29 is 9.47 Å². The second-order valence-corrected chi connectivity index (χ2v) is 10.6. The van der Waals surface area contributed by atoms with E-state index in [-0.39, 0.29) is 18.2 Å². The fourth-order valence-corrected chi connectivity index (χ4v) is 4.52. The first kappa shape index (κ1) is 21.4. The van der Waals surface area contributed by atoms with Crippen molar-refractivity contribution in [2.24, 2.45) is 11.8 Å². The molecule has 4 heteroatoms. The maximum Gasteiger partial charge on any atom is 0.471 e. The Kier molecular flexibility index (Phi) is 12.7. The van der Waals surface area contributed by atoms with Gasteiger partial charge in [0.1, 0.15) is 6.79 Å². The molecule has 1 aromatic carbocycles. The fourth-order valence-electron chi connectivity index (χ4n) is 3.04. The van der Waals surface area contributed by atoms with Gasteiger partial charge in [0.15, 0.2) is 0 Å². The minimum atomic E-state index is -0.00730. The summed E-state index contributed by atoms with van der Waals surface area (Å²) in [6, 6.07) is 10.2. The highest BCUT2D eigenvalue weighted by atomic mass is 79.9. The van der Waals surface area contributed by atoms with Gasteiger partial charge in [-0.1, -0.05) is 57.5 Å². The van der Waals surface area contributed by atoms with E-state index in [2.05, 4.69) is 45.8 Å². The first-order valence-electron chi connectivity index (χ1n) is 8.87. The Morgan fingerprint density at radius 1 is 1.00 bits per heavy atom. The average Bonchev–Trinajstić information content (AvgIpc) is 2.54. The third-order valence-electron chi connectivity index (χ3n) is 4.14. The van der Waals surface area contributed by atoms with Crippen molar-refractivity contribution in [2.75, 3.05) is 13.4 Å². The van der Waals surface area contributed by atoms with Crippen LogP contribution in [0, 0.1) is 11.8 Å². The molecule has 0 aliphatic carbocycles. The van der Waals surface area contributed by atoms with Gasteiger partial charge >= 0.3 is 18.2 Å². The van der Waals surface area contributed by atoms with Crippen LogP contribution in [0.4, 0.5) is 0 Å². The molecule has 0 amide bonds. The zero-order valence-corrected chi connectivity index (χ0v) is 18.0. The van der Waals surface area contributed by atoms with Crippen molar-refractivity contribution in [1.82, 2.24) is 0 Å². The van der Waals surface area contributed by atoms with E-state index in [9.17, 15) is 0 Å². The predicted molar refractivity (Wildman–Crippen MR) is 103 cm³/mol. The van der Waals surface area contributed by atoms with Crippen molar-refractivity contribution in [3.05, 3.63) is 35.9 Å². The lowest BCUT2D eigenvalue weighted by atomic mass is 9.91. The van der Waals surface area contributed by atoms with Crippen LogP contribution in [-0.4, -0.2) is 31.6 Å². The second-order valence-electron chi connectivity index (χ2n) is 6.94. The number of hydrogen-bond acceptors (Lipinski definition) is 2. The molecule has 0 aliphatic rings. The zero-order chi connectivity index (χ0) is 16.9. The molecule has 0 aromatic heterocycles. The lowest BCUT2D eigenvalue weighted by molar-refractivity contribution is -0.0628. The van der Waals surface area contributed by atoms with Crippen LogP contribution in [0.25, 0.3) is 0 Å². The second kappa shape index (κ2) is 13.7. The summed E-state index contributed by atoms with van der Waals surface area (Å²) in [5.41, 5.74) is 1.19. The Morgan fingerprint density at radius 3 is 2.43 bits per heavy atom. The Labute approximate surface area is 158 Å². The molecule has 0 bridgehead atoms.